The van der Waals surface area contributed by atoms with Crippen LogP contribution in [0.1, 0.15) is 24.2 Å². The van der Waals surface area contributed by atoms with Crippen molar-refractivity contribution in [3.8, 4) is 0 Å². The van der Waals surface area contributed by atoms with Gasteiger partial charge < -0.3 is 4.90 Å². The van der Waals surface area contributed by atoms with E-state index in [9.17, 15) is 4.79 Å². The molecule has 1 aromatic carbocycles. The third-order valence-corrected chi connectivity index (χ3v) is 7.00. The highest BCUT2D eigenvalue weighted by atomic mass is 35.5. The third kappa shape index (κ3) is 4.75. The van der Waals surface area contributed by atoms with Gasteiger partial charge in [0.2, 0.25) is 0 Å². The second kappa shape index (κ2) is 9.07. The van der Waals surface area contributed by atoms with Gasteiger partial charge in [0.25, 0.3) is 5.91 Å². The first kappa shape index (κ1) is 20.8. The standard InChI is InChI=1S/C18H18Cl3N3OS2/c1-3-23(4-2)7-8-24(17(25)12-10-15(20)27-16(12)21)18-22-13-6-5-11(19)9-14(13)26-18/h5-6,9-10H,3-4,7-8H2,1-2H3. The van der Waals surface area contributed by atoms with E-state index < -0.39 is 0 Å². The molecule has 9 heteroatoms. The van der Waals surface area contributed by atoms with E-state index in [2.05, 4.69) is 23.7 Å². The van der Waals surface area contributed by atoms with Crippen LogP contribution in [-0.2, 0) is 0 Å². The minimum Gasteiger partial charge on any atom is -0.302 e. The smallest absolute Gasteiger partial charge is 0.262 e. The summed E-state index contributed by atoms with van der Waals surface area (Å²) in [7, 11) is 0. The summed E-state index contributed by atoms with van der Waals surface area (Å²) in [4.78, 5) is 21.8. The number of nitrogens with zero attached hydrogens (tertiary/aromatic N) is 3. The van der Waals surface area contributed by atoms with E-state index in [-0.39, 0.29) is 5.91 Å². The fraction of sp³-hybridized carbons (Fsp3) is 0.333. The van der Waals surface area contributed by atoms with Crippen molar-refractivity contribution in [1.29, 1.82) is 0 Å². The van der Waals surface area contributed by atoms with Gasteiger partial charge in [0, 0.05) is 18.1 Å². The number of carbonyl (C=O) groups is 1. The molecule has 0 N–H and O–H groups in total. The Bertz CT molecular complexity index is 953. The normalized spacial score (nSPS) is 11.5. The molecular formula is C18H18Cl3N3OS2. The maximum absolute atomic E-state index is 13.2. The molecule has 0 aliphatic carbocycles. The van der Waals surface area contributed by atoms with Gasteiger partial charge in [-0.15, -0.1) is 11.3 Å². The Morgan fingerprint density at radius 1 is 1.07 bits per heavy atom. The number of anilines is 1. The number of hydrogen-bond donors (Lipinski definition) is 0. The van der Waals surface area contributed by atoms with Crippen molar-refractivity contribution in [3.05, 3.63) is 43.5 Å². The van der Waals surface area contributed by atoms with E-state index in [4.69, 9.17) is 34.8 Å². The molecule has 0 saturated carbocycles. The monoisotopic (exact) mass is 461 g/mol. The van der Waals surface area contributed by atoms with Crippen LogP contribution >= 0.6 is 57.5 Å². The molecule has 0 bridgehead atoms. The lowest BCUT2D eigenvalue weighted by atomic mass is 10.3. The van der Waals surface area contributed by atoms with Crippen molar-refractivity contribution >= 4 is 78.7 Å². The molecule has 0 fully saturated rings. The van der Waals surface area contributed by atoms with Crippen LogP contribution in [0.2, 0.25) is 13.7 Å². The highest BCUT2D eigenvalue weighted by Crippen LogP contribution is 2.35. The van der Waals surface area contributed by atoms with E-state index in [1.807, 2.05) is 12.1 Å². The molecule has 2 aromatic heterocycles. The van der Waals surface area contributed by atoms with Crippen LogP contribution in [0, 0.1) is 0 Å². The van der Waals surface area contributed by atoms with Crippen molar-refractivity contribution < 1.29 is 4.79 Å². The average molecular weight is 463 g/mol. The van der Waals surface area contributed by atoms with Crippen LogP contribution in [0.4, 0.5) is 5.13 Å². The van der Waals surface area contributed by atoms with Crippen molar-refractivity contribution in [2.75, 3.05) is 31.1 Å². The number of carbonyl (C=O) groups excluding carboxylic acids is 1. The van der Waals surface area contributed by atoms with Gasteiger partial charge in [0.15, 0.2) is 5.13 Å². The number of thiophene rings is 1. The van der Waals surface area contributed by atoms with Gasteiger partial charge in [0.05, 0.1) is 20.1 Å². The van der Waals surface area contributed by atoms with Crippen molar-refractivity contribution in [2.24, 2.45) is 0 Å². The van der Waals surface area contributed by atoms with Gasteiger partial charge >= 0.3 is 0 Å². The highest BCUT2D eigenvalue weighted by molar-refractivity contribution is 7.22. The Hall–Kier alpha value is -0.890. The second-order valence-corrected chi connectivity index (χ2v) is 9.56. The maximum Gasteiger partial charge on any atom is 0.262 e. The summed E-state index contributed by atoms with van der Waals surface area (Å²) < 4.78 is 1.82. The zero-order valence-electron chi connectivity index (χ0n) is 14.8. The van der Waals surface area contributed by atoms with E-state index in [0.717, 1.165) is 29.9 Å². The molecule has 1 amide bonds. The molecule has 27 heavy (non-hydrogen) atoms. The number of rotatable bonds is 7. The number of amides is 1. The topological polar surface area (TPSA) is 36.4 Å². The van der Waals surface area contributed by atoms with Crippen LogP contribution in [0.25, 0.3) is 10.2 Å². The molecule has 0 unspecified atom stereocenters. The van der Waals surface area contributed by atoms with Gasteiger partial charge in [-0.05, 0) is 37.4 Å². The van der Waals surface area contributed by atoms with E-state index in [1.165, 1.54) is 22.7 Å². The number of halogens is 3. The van der Waals surface area contributed by atoms with Gasteiger partial charge in [-0.3, -0.25) is 9.69 Å². The van der Waals surface area contributed by atoms with Crippen molar-refractivity contribution in [1.82, 2.24) is 9.88 Å². The van der Waals surface area contributed by atoms with Crippen LogP contribution in [0.3, 0.4) is 0 Å². The summed E-state index contributed by atoms with van der Waals surface area (Å²) in [6.45, 7) is 7.29. The molecule has 0 atom stereocenters. The molecule has 4 nitrogen and oxygen atoms in total. The summed E-state index contributed by atoms with van der Waals surface area (Å²) in [6, 6.07) is 7.13. The lowest BCUT2D eigenvalue weighted by Gasteiger charge is -2.24. The first-order valence-corrected chi connectivity index (χ1v) is 11.2. The fourth-order valence-electron chi connectivity index (χ4n) is 2.70. The quantitative estimate of drug-likeness (QED) is 0.413. The third-order valence-electron chi connectivity index (χ3n) is 4.24. The summed E-state index contributed by atoms with van der Waals surface area (Å²) in [6.07, 6.45) is 0. The van der Waals surface area contributed by atoms with Crippen molar-refractivity contribution in [3.63, 3.8) is 0 Å². The van der Waals surface area contributed by atoms with Crippen LogP contribution in [-0.4, -0.2) is 42.0 Å². The average Bonchev–Trinajstić information content (AvgIpc) is 3.20. The SMILES string of the molecule is CCN(CC)CCN(C(=O)c1cc(Cl)sc1Cl)c1nc2ccc(Cl)cc2s1. The first-order chi connectivity index (χ1) is 12.9. The molecule has 0 aliphatic rings. The molecule has 0 spiro atoms. The molecule has 3 rings (SSSR count). The second-order valence-electron chi connectivity index (χ2n) is 5.83. The van der Waals surface area contributed by atoms with Gasteiger partial charge in [0.1, 0.15) is 4.34 Å². The molecule has 3 aromatic rings. The molecule has 0 radical (unpaired) electrons. The fourth-order valence-corrected chi connectivity index (χ4v) is 5.41. The minimum atomic E-state index is -0.194. The number of hydrogen-bond acceptors (Lipinski definition) is 5. The number of thiazole rings is 1. The van der Waals surface area contributed by atoms with E-state index in [0.29, 0.717) is 30.9 Å². The predicted octanol–water partition coefficient (Wildman–Crippen LogP) is 6.31. The molecular weight excluding hydrogens is 445 g/mol. The zero-order chi connectivity index (χ0) is 19.6. The maximum atomic E-state index is 13.2. The van der Waals surface area contributed by atoms with Crippen LogP contribution < -0.4 is 4.90 Å². The molecule has 0 aliphatic heterocycles. The summed E-state index contributed by atoms with van der Waals surface area (Å²) in [5, 5.41) is 1.27. The Balaban J connectivity index is 1.97. The Morgan fingerprint density at radius 2 is 1.81 bits per heavy atom. The Labute approximate surface area is 181 Å². The zero-order valence-corrected chi connectivity index (χ0v) is 18.7. The highest BCUT2D eigenvalue weighted by Gasteiger charge is 2.25. The molecule has 0 saturated heterocycles. The largest absolute Gasteiger partial charge is 0.302 e. The number of aromatic nitrogens is 1. The van der Waals surface area contributed by atoms with Gasteiger partial charge in [-0.25, -0.2) is 4.98 Å². The van der Waals surface area contributed by atoms with Gasteiger partial charge in [-0.2, -0.15) is 0 Å². The summed E-state index contributed by atoms with van der Waals surface area (Å²) in [5.41, 5.74) is 1.22. The minimum absolute atomic E-state index is 0.194. The van der Waals surface area contributed by atoms with Crippen LogP contribution in [0.15, 0.2) is 24.3 Å². The summed E-state index contributed by atoms with van der Waals surface area (Å²) in [5.74, 6) is -0.194. The van der Waals surface area contributed by atoms with E-state index in [1.54, 1.807) is 17.0 Å². The first-order valence-electron chi connectivity index (χ1n) is 8.48. The van der Waals surface area contributed by atoms with Crippen LogP contribution in [0.5, 0.6) is 0 Å². The van der Waals surface area contributed by atoms with E-state index >= 15 is 0 Å². The number of fused-ring (bicyclic) bond motifs is 1. The molecule has 144 valence electrons. The summed E-state index contributed by atoms with van der Waals surface area (Å²) >= 11 is 21.0. The number of benzene rings is 1. The van der Waals surface area contributed by atoms with Crippen molar-refractivity contribution in [2.45, 2.75) is 13.8 Å². The lowest BCUT2D eigenvalue weighted by Crippen LogP contribution is -2.38. The predicted molar refractivity (Wildman–Crippen MR) is 118 cm³/mol. The van der Waals surface area contributed by atoms with Gasteiger partial charge in [-0.1, -0.05) is 60.0 Å². The molecule has 2 heterocycles. The Morgan fingerprint density at radius 3 is 2.44 bits per heavy atom. The lowest BCUT2D eigenvalue weighted by molar-refractivity contribution is 0.0984. The number of likely N-dealkylation sites (N-methyl/N-ethyl adjacent to an activating group) is 1. The Kier molecular flexibility index (Phi) is 7.00.